The monoisotopic (exact) mass is 332 g/mol. The Morgan fingerprint density at radius 3 is 2.79 bits per heavy atom. The molecule has 2 heterocycles. The van der Waals surface area contributed by atoms with Crippen LogP contribution in [0.3, 0.4) is 0 Å². The summed E-state index contributed by atoms with van der Waals surface area (Å²) in [5, 5.41) is 10.7. The van der Waals surface area contributed by atoms with Crippen molar-refractivity contribution in [1.82, 2.24) is 0 Å². The maximum absolute atomic E-state index is 12.0. The van der Waals surface area contributed by atoms with E-state index >= 15 is 0 Å². The minimum absolute atomic E-state index is 0.101. The van der Waals surface area contributed by atoms with Crippen molar-refractivity contribution in [2.75, 3.05) is 0 Å². The molecule has 4 heteroatoms. The van der Waals surface area contributed by atoms with E-state index in [0.29, 0.717) is 12.0 Å². The van der Waals surface area contributed by atoms with E-state index in [-0.39, 0.29) is 23.6 Å². The van der Waals surface area contributed by atoms with Crippen LogP contribution in [-0.4, -0.2) is 35.0 Å². The molecule has 4 nitrogen and oxygen atoms in total. The zero-order chi connectivity index (χ0) is 17.5. The van der Waals surface area contributed by atoms with Crippen LogP contribution in [0.4, 0.5) is 0 Å². The highest BCUT2D eigenvalue weighted by Gasteiger charge is 2.55. The zero-order valence-electron chi connectivity index (χ0n) is 14.9. The van der Waals surface area contributed by atoms with Crippen LogP contribution in [0.25, 0.3) is 0 Å². The van der Waals surface area contributed by atoms with Crippen molar-refractivity contribution in [3.05, 3.63) is 35.5 Å². The molecule has 0 radical (unpaired) electrons. The van der Waals surface area contributed by atoms with Gasteiger partial charge in [-0.25, -0.2) is 4.79 Å². The number of ether oxygens (including phenoxy) is 2. The summed E-state index contributed by atoms with van der Waals surface area (Å²) in [7, 11) is 0. The normalized spacial score (nSPS) is 45.0. The highest BCUT2D eigenvalue weighted by atomic mass is 16.6. The predicted molar refractivity (Wildman–Crippen MR) is 92.4 cm³/mol. The molecule has 0 unspecified atom stereocenters. The molecule has 0 spiro atoms. The summed E-state index contributed by atoms with van der Waals surface area (Å²) in [6, 6.07) is 0. The van der Waals surface area contributed by atoms with E-state index in [1.807, 2.05) is 6.92 Å². The Morgan fingerprint density at radius 1 is 1.29 bits per heavy atom. The average Bonchev–Trinajstić information content (AvgIpc) is 3.08. The van der Waals surface area contributed by atoms with Crippen LogP contribution < -0.4 is 0 Å². The van der Waals surface area contributed by atoms with Crippen LogP contribution in [0.5, 0.6) is 0 Å². The first-order chi connectivity index (χ1) is 11.3. The molecule has 0 saturated carbocycles. The summed E-state index contributed by atoms with van der Waals surface area (Å²) in [6.07, 6.45) is 7.64. The third kappa shape index (κ3) is 3.35. The second-order valence-electron chi connectivity index (χ2n) is 7.68. The Morgan fingerprint density at radius 2 is 2.04 bits per heavy atom. The molecule has 132 valence electrons. The van der Waals surface area contributed by atoms with E-state index in [4.69, 9.17) is 9.47 Å². The lowest BCUT2D eigenvalue weighted by molar-refractivity contribution is -0.142. The molecule has 0 bridgehead atoms. The lowest BCUT2D eigenvalue weighted by Crippen LogP contribution is -2.33. The van der Waals surface area contributed by atoms with E-state index < -0.39 is 12.2 Å². The Labute approximate surface area is 144 Å². The largest absolute Gasteiger partial charge is 0.455 e. The van der Waals surface area contributed by atoms with E-state index in [1.165, 1.54) is 5.57 Å². The van der Waals surface area contributed by atoms with Crippen molar-refractivity contribution in [3.63, 3.8) is 0 Å². The van der Waals surface area contributed by atoms with Crippen LogP contribution in [0, 0.1) is 5.92 Å². The molecule has 1 N–H and O–H groups in total. The SMILES string of the molecule is C=C1C(=O)O[C@@H]2[C@@H]1C[C@H]1O[C@]1(C)CC/C=C(/C)CC/C=C(\C)[C@@H]2O. The Hall–Kier alpha value is -1.39. The number of aliphatic hydroxyl groups is 1. The lowest BCUT2D eigenvalue weighted by atomic mass is 9.84. The van der Waals surface area contributed by atoms with E-state index in [9.17, 15) is 9.90 Å². The summed E-state index contributed by atoms with van der Waals surface area (Å²) in [5.41, 5.74) is 2.56. The third-order valence-corrected chi connectivity index (χ3v) is 5.77. The summed E-state index contributed by atoms with van der Waals surface area (Å²) < 4.78 is 11.4. The van der Waals surface area contributed by atoms with Gasteiger partial charge in [0, 0.05) is 11.5 Å². The molecular formula is C20H28O4. The minimum Gasteiger partial charge on any atom is -0.455 e. The van der Waals surface area contributed by atoms with Crippen molar-refractivity contribution in [2.24, 2.45) is 5.92 Å². The number of esters is 1. The lowest BCUT2D eigenvalue weighted by Gasteiger charge is -2.24. The number of fused-ring (bicyclic) bond motifs is 2. The Kier molecular flexibility index (Phi) is 4.71. The van der Waals surface area contributed by atoms with E-state index in [1.54, 1.807) is 0 Å². The number of rotatable bonds is 0. The van der Waals surface area contributed by atoms with Gasteiger partial charge in [-0.1, -0.05) is 24.3 Å². The van der Waals surface area contributed by atoms with Gasteiger partial charge >= 0.3 is 5.97 Å². The molecule has 2 fully saturated rings. The first kappa shape index (κ1) is 17.4. The first-order valence-electron chi connectivity index (χ1n) is 8.90. The van der Waals surface area contributed by atoms with Crippen molar-refractivity contribution in [1.29, 1.82) is 0 Å². The van der Waals surface area contributed by atoms with Crippen LogP contribution in [0.2, 0.25) is 0 Å². The van der Waals surface area contributed by atoms with E-state index in [2.05, 4.69) is 32.6 Å². The van der Waals surface area contributed by atoms with Crippen LogP contribution in [0.15, 0.2) is 35.5 Å². The summed E-state index contributed by atoms with van der Waals surface area (Å²) in [6.45, 7) is 10.1. The van der Waals surface area contributed by atoms with Gasteiger partial charge in [0.05, 0.1) is 11.7 Å². The van der Waals surface area contributed by atoms with Crippen molar-refractivity contribution in [2.45, 2.75) is 76.8 Å². The Balaban J connectivity index is 1.84. The molecule has 24 heavy (non-hydrogen) atoms. The van der Waals surface area contributed by atoms with E-state index in [0.717, 1.165) is 31.3 Å². The molecule has 5 atom stereocenters. The number of epoxide rings is 1. The second kappa shape index (κ2) is 6.49. The average molecular weight is 332 g/mol. The van der Waals surface area contributed by atoms with Gasteiger partial charge in [-0.05, 0) is 58.4 Å². The highest BCUT2D eigenvalue weighted by molar-refractivity contribution is 5.91. The van der Waals surface area contributed by atoms with Crippen molar-refractivity contribution < 1.29 is 19.4 Å². The summed E-state index contributed by atoms with van der Waals surface area (Å²) in [4.78, 5) is 12.0. The fourth-order valence-electron chi connectivity index (χ4n) is 3.85. The topological polar surface area (TPSA) is 59.1 Å². The highest BCUT2D eigenvalue weighted by Crippen LogP contribution is 2.47. The first-order valence-corrected chi connectivity index (χ1v) is 8.90. The van der Waals surface area contributed by atoms with Gasteiger partial charge in [-0.2, -0.15) is 0 Å². The molecule has 0 aromatic rings. The third-order valence-electron chi connectivity index (χ3n) is 5.77. The fraction of sp³-hybridized carbons (Fsp3) is 0.650. The molecule has 1 aliphatic carbocycles. The molecular weight excluding hydrogens is 304 g/mol. The zero-order valence-corrected chi connectivity index (χ0v) is 14.9. The molecule has 2 saturated heterocycles. The van der Waals surface area contributed by atoms with Gasteiger partial charge in [-0.3, -0.25) is 0 Å². The maximum atomic E-state index is 12.0. The van der Waals surface area contributed by atoms with Crippen molar-refractivity contribution >= 4 is 5.97 Å². The molecule has 3 rings (SSSR count). The maximum Gasteiger partial charge on any atom is 0.334 e. The van der Waals surface area contributed by atoms with Crippen molar-refractivity contribution in [3.8, 4) is 0 Å². The quantitative estimate of drug-likeness (QED) is 0.319. The van der Waals surface area contributed by atoms with Crippen LogP contribution >= 0.6 is 0 Å². The van der Waals surface area contributed by atoms with Gasteiger partial charge in [0.2, 0.25) is 0 Å². The van der Waals surface area contributed by atoms with Gasteiger partial charge in [0.15, 0.2) is 0 Å². The van der Waals surface area contributed by atoms with Gasteiger partial charge in [0.1, 0.15) is 12.2 Å². The van der Waals surface area contributed by atoms with Crippen LogP contribution in [-0.2, 0) is 14.3 Å². The van der Waals surface area contributed by atoms with Crippen LogP contribution in [0.1, 0.15) is 52.9 Å². The summed E-state index contributed by atoms with van der Waals surface area (Å²) in [5.74, 6) is -0.566. The number of carbonyl (C=O) groups excluding carboxylic acids is 1. The predicted octanol–water partition coefficient (Wildman–Crippen LogP) is 3.46. The number of hydrogen-bond acceptors (Lipinski definition) is 4. The molecule has 3 aliphatic rings. The number of aliphatic hydroxyl groups excluding tert-OH is 1. The number of allylic oxidation sites excluding steroid dienone is 3. The fourth-order valence-corrected chi connectivity index (χ4v) is 3.85. The number of hydrogen-bond donors (Lipinski definition) is 1. The van der Waals surface area contributed by atoms with Gasteiger partial charge < -0.3 is 14.6 Å². The molecule has 0 aromatic heterocycles. The Bertz CT molecular complexity index is 603. The van der Waals surface area contributed by atoms with Gasteiger partial charge in [-0.15, -0.1) is 0 Å². The molecule has 2 aliphatic heterocycles. The molecule has 0 aromatic carbocycles. The van der Waals surface area contributed by atoms with Gasteiger partial charge in [0.25, 0.3) is 0 Å². The summed E-state index contributed by atoms with van der Waals surface area (Å²) >= 11 is 0. The minimum atomic E-state index is -0.782. The second-order valence-corrected chi connectivity index (χ2v) is 7.68. The number of carbonyl (C=O) groups is 1. The molecule has 0 amide bonds. The smallest absolute Gasteiger partial charge is 0.334 e. The standard InChI is InChI=1S/C20H28O4/c1-12-7-5-9-13(2)17(21)18-15(14(3)19(22)23-18)11-16-20(4,24-16)10-6-8-12/h8-9,15-18,21H,3,5-7,10-11H2,1-2,4H3/b12-8-,13-9+/t15-,16-,17+,18-,20-/m1/s1.